The smallest absolute Gasteiger partial charge is 0.245 e. The van der Waals surface area contributed by atoms with Gasteiger partial charge in [0, 0.05) is 19.9 Å². The summed E-state index contributed by atoms with van der Waals surface area (Å²) in [5, 5.41) is 11.9. The maximum atomic E-state index is 11.9. The van der Waals surface area contributed by atoms with E-state index >= 15 is 0 Å². The van der Waals surface area contributed by atoms with Crippen molar-refractivity contribution in [3.05, 3.63) is 0 Å². The second-order valence-corrected chi connectivity index (χ2v) is 4.22. The minimum Gasteiger partial charge on any atom is -0.391 e. The number of hydrogen-bond donors (Lipinski definition) is 3. The molecule has 0 unspecified atom stereocenters. The van der Waals surface area contributed by atoms with Gasteiger partial charge in [-0.2, -0.15) is 0 Å². The number of rotatable bonds is 3. The summed E-state index contributed by atoms with van der Waals surface area (Å²) in [5.74, 6) is -1.40. The first kappa shape index (κ1) is 13.4. The van der Waals surface area contributed by atoms with E-state index in [1.165, 1.54) is 18.7 Å². The van der Waals surface area contributed by atoms with Crippen molar-refractivity contribution in [2.45, 2.75) is 38.5 Å². The van der Waals surface area contributed by atoms with Crippen molar-refractivity contribution in [2.75, 3.05) is 6.54 Å². The number of nitrogens with two attached hydrogens (primary N) is 1. The quantitative estimate of drug-likeness (QED) is 0.530. The number of hydrogen-bond acceptors (Lipinski definition) is 4. The molecule has 0 radical (unpaired) electrons. The highest BCUT2D eigenvalue weighted by atomic mass is 16.3. The lowest BCUT2D eigenvalue weighted by Gasteiger charge is -2.25. The molecule has 7 nitrogen and oxygen atoms in total. The minimum atomic E-state index is -0.797. The molecular formula is C10H17N3O4. The number of carbonyl (C=O) groups is 3. The Labute approximate surface area is 98.9 Å². The van der Waals surface area contributed by atoms with E-state index in [-0.39, 0.29) is 18.9 Å². The van der Waals surface area contributed by atoms with Crippen LogP contribution in [0, 0.1) is 0 Å². The highest BCUT2D eigenvalue weighted by molar-refractivity contribution is 5.91. The molecule has 7 heteroatoms. The van der Waals surface area contributed by atoms with E-state index < -0.39 is 30.0 Å². The third-order valence-corrected chi connectivity index (χ3v) is 2.68. The molecule has 0 aromatic carbocycles. The predicted octanol–water partition coefficient (Wildman–Crippen LogP) is -2.04. The number of nitrogens with zero attached hydrogens (tertiary/aromatic N) is 1. The van der Waals surface area contributed by atoms with Gasteiger partial charge in [0.05, 0.1) is 6.10 Å². The Morgan fingerprint density at radius 1 is 1.47 bits per heavy atom. The van der Waals surface area contributed by atoms with E-state index in [0.717, 1.165) is 0 Å². The molecule has 1 aliphatic heterocycles. The standard InChI is InChI=1S/C10H17N3O4/c1-5(12-6(2)14)10(17)13-4-7(15)3-8(13)9(11)16/h5,7-8,15H,3-4H2,1-2H3,(H2,11,16)(H,12,14)/t5-,7+,8-/m0/s1. The van der Waals surface area contributed by atoms with E-state index in [1.807, 2.05) is 0 Å². The summed E-state index contributed by atoms with van der Waals surface area (Å²) in [5.41, 5.74) is 5.16. The van der Waals surface area contributed by atoms with Crippen LogP contribution < -0.4 is 11.1 Å². The third-order valence-electron chi connectivity index (χ3n) is 2.68. The van der Waals surface area contributed by atoms with Crippen LogP contribution >= 0.6 is 0 Å². The summed E-state index contributed by atoms with van der Waals surface area (Å²) in [6.07, 6.45) is -0.602. The lowest BCUT2D eigenvalue weighted by Crippen LogP contribution is -2.51. The molecule has 1 aliphatic rings. The highest BCUT2D eigenvalue weighted by Gasteiger charge is 2.39. The van der Waals surface area contributed by atoms with Crippen LogP contribution in [0.3, 0.4) is 0 Å². The Bertz CT molecular complexity index is 344. The van der Waals surface area contributed by atoms with Gasteiger partial charge in [0.1, 0.15) is 12.1 Å². The minimum absolute atomic E-state index is 0.0658. The monoisotopic (exact) mass is 243 g/mol. The zero-order chi connectivity index (χ0) is 13.2. The molecule has 0 aromatic rings. The van der Waals surface area contributed by atoms with Gasteiger partial charge in [-0.3, -0.25) is 14.4 Å². The van der Waals surface area contributed by atoms with Crippen molar-refractivity contribution >= 4 is 17.7 Å². The summed E-state index contributed by atoms with van der Waals surface area (Å²) < 4.78 is 0. The van der Waals surface area contributed by atoms with E-state index in [0.29, 0.717) is 0 Å². The van der Waals surface area contributed by atoms with Crippen molar-refractivity contribution in [1.82, 2.24) is 10.2 Å². The average Bonchev–Trinajstić information content (AvgIpc) is 2.58. The van der Waals surface area contributed by atoms with Gasteiger partial charge in [0.15, 0.2) is 0 Å². The van der Waals surface area contributed by atoms with Gasteiger partial charge in [0.25, 0.3) is 0 Å². The zero-order valence-corrected chi connectivity index (χ0v) is 9.84. The summed E-state index contributed by atoms with van der Waals surface area (Å²) in [7, 11) is 0. The number of nitrogens with one attached hydrogen (secondary N) is 1. The number of primary amides is 1. The number of aliphatic hydroxyl groups is 1. The Morgan fingerprint density at radius 2 is 2.06 bits per heavy atom. The molecule has 4 N–H and O–H groups in total. The molecule has 96 valence electrons. The number of β-amino-alcohol motifs (C(OH)–C–C–N with tert-alkyl or cyclic N) is 1. The predicted molar refractivity (Wildman–Crippen MR) is 58.6 cm³/mol. The van der Waals surface area contributed by atoms with Crippen molar-refractivity contribution in [2.24, 2.45) is 5.73 Å². The van der Waals surface area contributed by atoms with Crippen molar-refractivity contribution in [1.29, 1.82) is 0 Å². The van der Waals surface area contributed by atoms with Gasteiger partial charge >= 0.3 is 0 Å². The van der Waals surface area contributed by atoms with Crippen LogP contribution in [0.15, 0.2) is 0 Å². The molecule has 0 spiro atoms. The highest BCUT2D eigenvalue weighted by Crippen LogP contribution is 2.18. The van der Waals surface area contributed by atoms with E-state index in [2.05, 4.69) is 5.32 Å². The lowest BCUT2D eigenvalue weighted by molar-refractivity contribution is -0.140. The first-order valence-corrected chi connectivity index (χ1v) is 5.38. The molecule has 3 amide bonds. The van der Waals surface area contributed by atoms with Crippen molar-refractivity contribution in [3.8, 4) is 0 Å². The number of carbonyl (C=O) groups excluding carboxylic acids is 3. The zero-order valence-electron chi connectivity index (χ0n) is 9.84. The van der Waals surface area contributed by atoms with E-state index in [1.54, 1.807) is 0 Å². The largest absolute Gasteiger partial charge is 0.391 e. The molecular weight excluding hydrogens is 226 g/mol. The average molecular weight is 243 g/mol. The Balaban J connectivity index is 2.73. The Hall–Kier alpha value is -1.63. The van der Waals surface area contributed by atoms with Gasteiger partial charge in [-0.1, -0.05) is 0 Å². The lowest BCUT2D eigenvalue weighted by atomic mass is 10.2. The molecule has 1 saturated heterocycles. The molecule has 0 bridgehead atoms. The molecule has 17 heavy (non-hydrogen) atoms. The Kier molecular flexibility index (Phi) is 4.06. The number of aliphatic hydroxyl groups excluding tert-OH is 1. The summed E-state index contributed by atoms with van der Waals surface area (Å²) >= 11 is 0. The summed E-state index contributed by atoms with van der Waals surface area (Å²) in [4.78, 5) is 35.1. The third kappa shape index (κ3) is 3.16. The molecule has 0 aromatic heterocycles. The van der Waals surface area contributed by atoms with Gasteiger partial charge in [0.2, 0.25) is 17.7 Å². The second-order valence-electron chi connectivity index (χ2n) is 4.22. The van der Waals surface area contributed by atoms with Crippen LogP contribution in [0.2, 0.25) is 0 Å². The van der Waals surface area contributed by atoms with Crippen LogP contribution in [0.1, 0.15) is 20.3 Å². The fourth-order valence-corrected chi connectivity index (χ4v) is 1.94. The van der Waals surface area contributed by atoms with Crippen LogP contribution in [0.5, 0.6) is 0 Å². The molecule has 0 saturated carbocycles. The van der Waals surface area contributed by atoms with Crippen LogP contribution in [0.25, 0.3) is 0 Å². The van der Waals surface area contributed by atoms with Gasteiger partial charge in [-0.05, 0) is 6.92 Å². The number of amides is 3. The van der Waals surface area contributed by atoms with Crippen LogP contribution in [-0.4, -0.2) is 52.5 Å². The molecule has 0 aliphatic carbocycles. The van der Waals surface area contributed by atoms with Crippen molar-refractivity contribution in [3.63, 3.8) is 0 Å². The van der Waals surface area contributed by atoms with Gasteiger partial charge < -0.3 is 21.1 Å². The van der Waals surface area contributed by atoms with Crippen LogP contribution in [-0.2, 0) is 14.4 Å². The summed E-state index contributed by atoms with van der Waals surface area (Å²) in [6, 6.07) is -1.53. The molecule has 1 fully saturated rings. The second kappa shape index (κ2) is 5.13. The van der Waals surface area contributed by atoms with E-state index in [4.69, 9.17) is 5.73 Å². The maximum Gasteiger partial charge on any atom is 0.245 e. The molecule has 1 heterocycles. The first-order chi connectivity index (χ1) is 7.82. The van der Waals surface area contributed by atoms with Crippen LogP contribution in [0.4, 0.5) is 0 Å². The molecule has 1 rings (SSSR count). The fraction of sp³-hybridized carbons (Fsp3) is 0.700. The fourth-order valence-electron chi connectivity index (χ4n) is 1.94. The summed E-state index contributed by atoms with van der Waals surface area (Å²) in [6.45, 7) is 2.89. The van der Waals surface area contributed by atoms with Gasteiger partial charge in [-0.25, -0.2) is 0 Å². The van der Waals surface area contributed by atoms with E-state index in [9.17, 15) is 19.5 Å². The SMILES string of the molecule is CC(=O)N[C@@H](C)C(=O)N1C[C@H](O)C[C@H]1C(N)=O. The number of likely N-dealkylation sites (tertiary alicyclic amines) is 1. The van der Waals surface area contributed by atoms with Crippen molar-refractivity contribution < 1.29 is 19.5 Å². The first-order valence-electron chi connectivity index (χ1n) is 5.38. The Morgan fingerprint density at radius 3 is 2.53 bits per heavy atom. The van der Waals surface area contributed by atoms with Gasteiger partial charge in [-0.15, -0.1) is 0 Å². The maximum absolute atomic E-state index is 11.9. The topological polar surface area (TPSA) is 113 Å². The normalized spacial score (nSPS) is 25.5. The molecule has 3 atom stereocenters.